The second kappa shape index (κ2) is 5.07. The van der Waals surface area contributed by atoms with Gasteiger partial charge in [0.05, 0.1) is 10.5 Å². The topological polar surface area (TPSA) is 41.4 Å². The van der Waals surface area contributed by atoms with E-state index in [1.165, 1.54) is 11.6 Å². The van der Waals surface area contributed by atoms with Crippen molar-refractivity contribution in [3.8, 4) is 0 Å². The van der Waals surface area contributed by atoms with Crippen molar-refractivity contribution in [1.29, 1.82) is 0 Å². The Hall–Kier alpha value is -1.59. The first-order chi connectivity index (χ1) is 9.58. The monoisotopic (exact) mass is 292 g/mol. The summed E-state index contributed by atoms with van der Waals surface area (Å²) >= 11 is 6.24. The van der Waals surface area contributed by atoms with Crippen molar-refractivity contribution in [2.24, 2.45) is 0 Å². The number of benzene rings is 1. The molecule has 0 unspecified atom stereocenters. The van der Waals surface area contributed by atoms with Gasteiger partial charge in [0.15, 0.2) is 5.82 Å². The molecular formula is C14H17ClN4O. The zero-order valence-corrected chi connectivity index (χ0v) is 12.4. The molecule has 0 aliphatic carbocycles. The first-order valence-electron chi connectivity index (χ1n) is 6.69. The summed E-state index contributed by atoms with van der Waals surface area (Å²) in [5.41, 5.74) is 0.704. The van der Waals surface area contributed by atoms with Gasteiger partial charge in [-0.25, -0.2) is 0 Å². The Labute approximate surface area is 122 Å². The van der Waals surface area contributed by atoms with Crippen LogP contribution in [0, 0.1) is 0 Å². The van der Waals surface area contributed by atoms with Crippen molar-refractivity contribution in [1.82, 2.24) is 14.7 Å². The SMILES string of the molecule is CC(=O)n1nc(N2CCN(C)CC2)c2cccc(Cl)c21. The van der Waals surface area contributed by atoms with Gasteiger partial charge in [-0.15, -0.1) is 5.10 Å². The summed E-state index contributed by atoms with van der Waals surface area (Å²) < 4.78 is 1.41. The van der Waals surface area contributed by atoms with Crippen LogP contribution in [0.3, 0.4) is 0 Å². The Kier molecular flexibility index (Phi) is 3.40. The zero-order valence-electron chi connectivity index (χ0n) is 11.6. The Morgan fingerprint density at radius 1 is 1.25 bits per heavy atom. The predicted octanol–water partition coefficient (Wildman–Crippen LogP) is 2.10. The number of carbonyl (C=O) groups excluding carboxylic acids is 1. The van der Waals surface area contributed by atoms with E-state index in [1.54, 1.807) is 6.07 Å². The molecule has 6 heteroatoms. The largest absolute Gasteiger partial charge is 0.352 e. The maximum absolute atomic E-state index is 11.8. The van der Waals surface area contributed by atoms with Crippen LogP contribution in [-0.2, 0) is 0 Å². The lowest BCUT2D eigenvalue weighted by Gasteiger charge is -2.32. The summed E-state index contributed by atoms with van der Waals surface area (Å²) in [6, 6.07) is 5.66. The molecule has 3 rings (SSSR count). The fourth-order valence-electron chi connectivity index (χ4n) is 2.59. The van der Waals surface area contributed by atoms with Crippen LogP contribution in [0.1, 0.15) is 11.7 Å². The summed E-state index contributed by atoms with van der Waals surface area (Å²) in [5, 5.41) is 5.99. The lowest BCUT2D eigenvalue weighted by molar-refractivity contribution is 0.0927. The molecule has 1 aliphatic heterocycles. The lowest BCUT2D eigenvalue weighted by atomic mass is 10.2. The molecule has 1 aromatic carbocycles. The normalized spacial score (nSPS) is 16.9. The molecular weight excluding hydrogens is 276 g/mol. The zero-order chi connectivity index (χ0) is 14.3. The fraction of sp³-hybridized carbons (Fsp3) is 0.429. The number of nitrogens with zero attached hydrogens (tertiary/aromatic N) is 4. The molecule has 0 saturated carbocycles. The molecule has 0 spiro atoms. The number of halogens is 1. The number of carbonyl (C=O) groups is 1. The van der Waals surface area contributed by atoms with Gasteiger partial charge >= 0.3 is 0 Å². The number of rotatable bonds is 1. The van der Waals surface area contributed by atoms with Crippen molar-refractivity contribution in [3.05, 3.63) is 23.2 Å². The van der Waals surface area contributed by atoms with E-state index in [1.807, 2.05) is 12.1 Å². The van der Waals surface area contributed by atoms with E-state index in [2.05, 4.69) is 21.9 Å². The van der Waals surface area contributed by atoms with E-state index in [4.69, 9.17) is 11.6 Å². The Morgan fingerprint density at radius 3 is 2.60 bits per heavy atom. The third kappa shape index (κ3) is 2.17. The quantitative estimate of drug-likeness (QED) is 0.807. The van der Waals surface area contributed by atoms with Crippen LogP contribution in [0.5, 0.6) is 0 Å². The highest BCUT2D eigenvalue weighted by Gasteiger charge is 2.22. The van der Waals surface area contributed by atoms with Crippen molar-refractivity contribution in [2.75, 3.05) is 38.1 Å². The van der Waals surface area contributed by atoms with Gasteiger partial charge in [0, 0.05) is 38.5 Å². The number of para-hydroxylation sites is 1. The van der Waals surface area contributed by atoms with Gasteiger partial charge in [0.2, 0.25) is 5.91 Å². The van der Waals surface area contributed by atoms with Crippen LogP contribution in [-0.4, -0.2) is 53.8 Å². The van der Waals surface area contributed by atoms with E-state index >= 15 is 0 Å². The average molecular weight is 293 g/mol. The summed E-state index contributed by atoms with van der Waals surface area (Å²) in [4.78, 5) is 16.3. The second-order valence-corrected chi connectivity index (χ2v) is 5.59. The third-order valence-corrected chi connectivity index (χ3v) is 4.04. The molecule has 0 atom stereocenters. The maximum Gasteiger partial charge on any atom is 0.244 e. The summed E-state index contributed by atoms with van der Waals surface area (Å²) in [7, 11) is 2.11. The molecule has 1 aliphatic rings. The van der Waals surface area contributed by atoms with Crippen LogP contribution in [0.25, 0.3) is 10.9 Å². The van der Waals surface area contributed by atoms with Crippen LogP contribution in [0.2, 0.25) is 5.02 Å². The molecule has 0 amide bonds. The summed E-state index contributed by atoms with van der Waals surface area (Å²) in [6.07, 6.45) is 0. The van der Waals surface area contributed by atoms with E-state index < -0.39 is 0 Å². The third-order valence-electron chi connectivity index (χ3n) is 3.74. The number of aromatic nitrogens is 2. The molecule has 0 bridgehead atoms. The van der Waals surface area contributed by atoms with Crippen molar-refractivity contribution in [3.63, 3.8) is 0 Å². The van der Waals surface area contributed by atoms with Crippen LogP contribution in [0.4, 0.5) is 5.82 Å². The summed E-state index contributed by atoms with van der Waals surface area (Å²) in [5.74, 6) is 0.731. The Morgan fingerprint density at radius 2 is 1.95 bits per heavy atom. The van der Waals surface area contributed by atoms with Gasteiger partial charge in [-0.05, 0) is 19.2 Å². The molecule has 0 radical (unpaired) electrons. The summed E-state index contributed by atoms with van der Waals surface area (Å²) in [6.45, 7) is 5.31. The van der Waals surface area contributed by atoms with Crippen LogP contribution >= 0.6 is 11.6 Å². The number of anilines is 1. The highest BCUT2D eigenvalue weighted by molar-refractivity contribution is 6.35. The molecule has 5 nitrogen and oxygen atoms in total. The predicted molar refractivity (Wildman–Crippen MR) is 80.8 cm³/mol. The molecule has 106 valence electrons. The van der Waals surface area contributed by atoms with E-state index in [9.17, 15) is 4.79 Å². The van der Waals surface area contributed by atoms with Gasteiger partial charge in [0.1, 0.15) is 0 Å². The van der Waals surface area contributed by atoms with Crippen LogP contribution < -0.4 is 4.90 Å². The molecule has 1 fully saturated rings. The molecule has 2 aromatic rings. The number of likely N-dealkylation sites (N-methyl/N-ethyl adjacent to an activating group) is 1. The Balaban J connectivity index is 2.12. The van der Waals surface area contributed by atoms with Crippen molar-refractivity contribution < 1.29 is 4.79 Å². The van der Waals surface area contributed by atoms with E-state index in [0.717, 1.165) is 37.4 Å². The van der Waals surface area contributed by atoms with Gasteiger partial charge in [-0.1, -0.05) is 17.7 Å². The second-order valence-electron chi connectivity index (χ2n) is 5.18. The van der Waals surface area contributed by atoms with Crippen LogP contribution in [0.15, 0.2) is 18.2 Å². The maximum atomic E-state index is 11.8. The van der Waals surface area contributed by atoms with Gasteiger partial charge in [0.25, 0.3) is 0 Å². The molecule has 20 heavy (non-hydrogen) atoms. The first kappa shape index (κ1) is 13.4. The van der Waals surface area contributed by atoms with E-state index in [-0.39, 0.29) is 5.91 Å². The minimum atomic E-state index is -0.122. The lowest BCUT2D eigenvalue weighted by Crippen LogP contribution is -2.44. The molecule has 1 saturated heterocycles. The first-order valence-corrected chi connectivity index (χ1v) is 7.07. The number of hydrogen-bond acceptors (Lipinski definition) is 4. The molecule has 2 heterocycles. The number of piperazine rings is 1. The van der Waals surface area contributed by atoms with Crippen molar-refractivity contribution >= 4 is 34.2 Å². The standard InChI is InChI=1S/C14H17ClN4O/c1-10(20)19-13-11(4-3-5-12(13)15)14(16-19)18-8-6-17(2)7-9-18/h3-5H,6-9H2,1-2H3. The number of fused-ring (bicyclic) bond motifs is 1. The van der Waals surface area contributed by atoms with E-state index in [0.29, 0.717) is 10.5 Å². The molecule has 0 N–H and O–H groups in total. The van der Waals surface area contributed by atoms with Gasteiger partial charge in [-0.3, -0.25) is 4.79 Å². The minimum Gasteiger partial charge on any atom is -0.352 e. The molecule has 1 aromatic heterocycles. The highest BCUT2D eigenvalue weighted by Crippen LogP contribution is 2.31. The smallest absolute Gasteiger partial charge is 0.244 e. The Bertz CT molecular complexity index is 658. The van der Waals surface area contributed by atoms with Crippen molar-refractivity contribution in [2.45, 2.75) is 6.92 Å². The fourth-order valence-corrected chi connectivity index (χ4v) is 2.84. The average Bonchev–Trinajstić information content (AvgIpc) is 2.81. The number of hydrogen-bond donors (Lipinski definition) is 0. The minimum absolute atomic E-state index is 0.122. The van der Waals surface area contributed by atoms with Gasteiger partial charge < -0.3 is 9.80 Å². The van der Waals surface area contributed by atoms with Gasteiger partial charge in [-0.2, -0.15) is 4.68 Å². The highest BCUT2D eigenvalue weighted by atomic mass is 35.5.